The minimum absolute atomic E-state index is 0.130. The van der Waals surface area contributed by atoms with Crippen LogP contribution in [0.2, 0.25) is 0 Å². The molecule has 3 aliphatic rings. The third-order valence-electron chi connectivity index (χ3n) is 6.63. The summed E-state index contributed by atoms with van der Waals surface area (Å²) in [5.41, 5.74) is -0.738. The van der Waals surface area contributed by atoms with Crippen molar-refractivity contribution in [2.45, 2.75) is 59.3 Å². The molecule has 3 saturated heterocycles. The Hall–Kier alpha value is -1.57. The first-order valence-electron chi connectivity index (χ1n) is 14.8. The van der Waals surface area contributed by atoms with E-state index in [0.717, 1.165) is 57.9 Å². The summed E-state index contributed by atoms with van der Waals surface area (Å²) in [5.74, 6) is 1.08. The Morgan fingerprint density at radius 1 is 0.744 bits per heavy atom. The highest BCUT2D eigenvalue weighted by Crippen LogP contribution is 2.17. The quantitative estimate of drug-likeness (QED) is 0.156. The molecule has 0 radical (unpaired) electrons. The van der Waals surface area contributed by atoms with E-state index in [9.17, 15) is 19.2 Å². The second-order valence-corrected chi connectivity index (χ2v) is 10.7. The van der Waals surface area contributed by atoms with Crippen LogP contribution in [0.1, 0.15) is 59.3 Å². The highest BCUT2D eigenvalue weighted by atomic mass is 35.5. The van der Waals surface area contributed by atoms with E-state index in [2.05, 4.69) is 10.1 Å². The van der Waals surface area contributed by atoms with Gasteiger partial charge in [0, 0.05) is 56.9 Å². The number of carbonyl (C=O) groups excluding carboxylic acids is 4. The molecule has 0 aromatic carbocycles. The molecule has 3 heterocycles. The number of aliphatic hydroxyl groups excluding tert-OH is 2. The Bertz CT molecular complexity index is 704. The molecule has 15 heteroatoms. The van der Waals surface area contributed by atoms with Crippen molar-refractivity contribution in [2.24, 2.45) is 17.8 Å². The fourth-order valence-corrected chi connectivity index (χ4v) is 4.23. The number of amides is 2. The van der Waals surface area contributed by atoms with Gasteiger partial charge in [0.05, 0.1) is 25.2 Å². The number of nitrogens with zero attached hydrogens (tertiary/aromatic N) is 2. The van der Waals surface area contributed by atoms with E-state index >= 15 is 0 Å². The zero-order valence-corrected chi connectivity index (χ0v) is 28.1. The number of carbonyl (C=O) groups is 4. The van der Waals surface area contributed by atoms with E-state index in [1.807, 2.05) is 0 Å². The molecule has 0 saturated carbocycles. The molecule has 43 heavy (non-hydrogen) atoms. The number of likely N-dealkylation sites (tertiary alicyclic amines) is 2. The van der Waals surface area contributed by atoms with Gasteiger partial charge in [-0.1, -0.05) is 0 Å². The van der Waals surface area contributed by atoms with Crippen LogP contribution >= 0.6 is 34.8 Å². The van der Waals surface area contributed by atoms with Gasteiger partial charge in [0.1, 0.15) is 6.29 Å². The Balaban J connectivity index is 0. The van der Waals surface area contributed by atoms with Crippen LogP contribution in [-0.4, -0.2) is 122 Å². The molecule has 0 unspecified atom stereocenters. The van der Waals surface area contributed by atoms with Crippen molar-refractivity contribution in [3.8, 4) is 0 Å². The third kappa shape index (κ3) is 24.4. The Morgan fingerprint density at radius 3 is 1.40 bits per heavy atom. The number of halogens is 3. The summed E-state index contributed by atoms with van der Waals surface area (Å²) >= 11 is 14.2. The summed E-state index contributed by atoms with van der Waals surface area (Å²) in [4.78, 5) is 45.8. The molecular formula is C28H52Cl3N3O9. The maximum absolute atomic E-state index is 11.2. The lowest BCUT2D eigenvalue weighted by atomic mass is 9.98. The smallest absolute Gasteiger partial charge is 0.409 e. The second kappa shape index (κ2) is 30.5. The Morgan fingerprint density at radius 2 is 1.12 bits per heavy atom. The van der Waals surface area contributed by atoms with Gasteiger partial charge in [0.2, 0.25) is 0 Å². The van der Waals surface area contributed by atoms with Crippen LogP contribution in [0.15, 0.2) is 0 Å². The minimum Gasteiger partial charge on any atom is -0.454 e. The van der Waals surface area contributed by atoms with Crippen molar-refractivity contribution in [3.05, 3.63) is 0 Å². The van der Waals surface area contributed by atoms with Gasteiger partial charge >= 0.3 is 17.6 Å². The number of piperidine rings is 3. The van der Waals surface area contributed by atoms with Gasteiger partial charge in [0.15, 0.2) is 0 Å². The normalized spacial score (nSPS) is 17.1. The van der Waals surface area contributed by atoms with E-state index in [4.69, 9.17) is 54.5 Å². The van der Waals surface area contributed by atoms with Crippen LogP contribution in [0.5, 0.6) is 0 Å². The summed E-state index contributed by atoms with van der Waals surface area (Å²) < 4.78 is 13.9. The number of aldehydes is 1. The van der Waals surface area contributed by atoms with Crippen LogP contribution in [0.4, 0.5) is 14.4 Å². The first-order chi connectivity index (χ1) is 20.7. The maximum atomic E-state index is 11.2. The van der Waals surface area contributed by atoms with Gasteiger partial charge in [-0.3, -0.25) is 0 Å². The molecular weight excluding hydrogens is 629 g/mol. The molecule has 3 fully saturated rings. The lowest BCUT2D eigenvalue weighted by Gasteiger charge is -2.30. The van der Waals surface area contributed by atoms with Gasteiger partial charge in [-0.2, -0.15) is 0 Å². The van der Waals surface area contributed by atoms with Crippen LogP contribution < -0.4 is 5.32 Å². The first-order valence-corrected chi connectivity index (χ1v) is 16.3. The van der Waals surface area contributed by atoms with Gasteiger partial charge in [-0.25, -0.2) is 14.4 Å². The van der Waals surface area contributed by atoms with Crippen molar-refractivity contribution in [2.75, 3.05) is 77.6 Å². The van der Waals surface area contributed by atoms with Gasteiger partial charge in [-0.15, -0.1) is 23.2 Å². The summed E-state index contributed by atoms with van der Waals surface area (Å²) in [6.07, 6.45) is 6.09. The summed E-state index contributed by atoms with van der Waals surface area (Å²) in [5, 5.41) is 21.0. The monoisotopic (exact) mass is 679 g/mol. The average molecular weight is 681 g/mol. The fraction of sp³-hybridized carbons (Fsp3) is 0.857. The fourth-order valence-electron chi connectivity index (χ4n) is 4.12. The molecule has 0 aliphatic carbocycles. The van der Waals surface area contributed by atoms with E-state index < -0.39 is 5.43 Å². The van der Waals surface area contributed by atoms with Crippen molar-refractivity contribution >= 4 is 58.7 Å². The number of aliphatic hydroxyl groups is 2. The van der Waals surface area contributed by atoms with Crippen LogP contribution in [0, 0.1) is 17.8 Å². The summed E-state index contributed by atoms with van der Waals surface area (Å²) in [6, 6.07) is 0. The minimum atomic E-state index is -0.738. The Kier molecular flexibility index (Phi) is 30.9. The predicted octanol–water partition coefficient (Wildman–Crippen LogP) is 4.68. The number of nitrogens with one attached hydrogen (secondary N) is 1. The molecule has 3 aliphatic heterocycles. The first kappa shape index (κ1) is 43.6. The molecule has 0 atom stereocenters. The largest absolute Gasteiger partial charge is 0.454 e. The molecule has 254 valence electrons. The zero-order valence-electron chi connectivity index (χ0n) is 25.8. The van der Waals surface area contributed by atoms with Crippen molar-refractivity contribution < 1.29 is 43.6 Å². The topological polar surface area (TPSA) is 155 Å². The number of hydrogen-bond acceptors (Lipinski definition) is 10. The number of alkyl halides is 2. The van der Waals surface area contributed by atoms with Crippen LogP contribution in [0.3, 0.4) is 0 Å². The number of rotatable bonds is 6. The molecule has 2 amide bonds. The number of hydrogen-bond donors (Lipinski definition) is 3. The zero-order chi connectivity index (χ0) is 32.9. The summed E-state index contributed by atoms with van der Waals surface area (Å²) in [6.45, 7) is 12.0. The van der Waals surface area contributed by atoms with Crippen LogP contribution in [0.25, 0.3) is 0 Å². The summed E-state index contributed by atoms with van der Waals surface area (Å²) in [7, 11) is 0. The second-order valence-electron chi connectivity index (χ2n) is 9.62. The standard InChI is InChI=1S/C9H17NO3.C9H15NO3.C6H13NO.C3H5ClO2.CH2Cl2/c2*1-2-13-9(12)10-5-3-8(7-11)4-6-10;8-5-6-1-3-7-4-2-6;1-2-6-3(4)5;2-1-3/h8,11H,2-7H2,1H3;7-8H,2-6H2,1H3;6-8H,1-5H2;2H2,1H3;1H2. The SMILES string of the molecule is CCOC(=O)Cl.CCOC(=O)N1CCC(C=O)CC1.CCOC(=O)N1CCC(CO)CC1.ClCCl.OCC1CCNCC1. The van der Waals surface area contributed by atoms with E-state index in [0.29, 0.717) is 64.4 Å². The molecule has 0 aromatic heterocycles. The number of ether oxygens (including phenoxy) is 3. The predicted molar refractivity (Wildman–Crippen MR) is 168 cm³/mol. The van der Waals surface area contributed by atoms with Crippen molar-refractivity contribution in [1.29, 1.82) is 0 Å². The van der Waals surface area contributed by atoms with Crippen molar-refractivity contribution in [3.63, 3.8) is 0 Å². The van der Waals surface area contributed by atoms with Gasteiger partial charge in [0.25, 0.3) is 0 Å². The highest BCUT2D eigenvalue weighted by Gasteiger charge is 2.23. The third-order valence-corrected chi connectivity index (χ3v) is 6.74. The molecule has 3 N–H and O–H groups in total. The average Bonchev–Trinajstić information content (AvgIpc) is 3.03. The lowest BCUT2D eigenvalue weighted by Crippen LogP contribution is -2.39. The molecule has 0 spiro atoms. The van der Waals surface area contributed by atoms with E-state index in [1.165, 1.54) is 0 Å². The van der Waals surface area contributed by atoms with Crippen molar-refractivity contribution in [1.82, 2.24) is 15.1 Å². The molecule has 0 aromatic rings. The van der Waals surface area contributed by atoms with Gasteiger partial charge < -0.3 is 44.3 Å². The van der Waals surface area contributed by atoms with Gasteiger partial charge in [-0.05, 0) is 84.2 Å². The van der Waals surface area contributed by atoms with E-state index in [1.54, 1.807) is 30.6 Å². The van der Waals surface area contributed by atoms with E-state index in [-0.39, 0.29) is 30.1 Å². The highest BCUT2D eigenvalue weighted by molar-refractivity contribution is 6.61. The molecule has 0 bridgehead atoms. The lowest BCUT2D eigenvalue weighted by molar-refractivity contribution is -0.112. The molecule has 3 rings (SSSR count). The van der Waals surface area contributed by atoms with Crippen LogP contribution in [-0.2, 0) is 19.0 Å². The molecule has 12 nitrogen and oxygen atoms in total. The maximum Gasteiger partial charge on any atom is 0.409 e. The Labute approximate surface area is 271 Å².